The van der Waals surface area contributed by atoms with Gasteiger partial charge in [0.15, 0.2) is 6.10 Å². The highest BCUT2D eigenvalue weighted by atomic mass is 16.6. The average molecular weight is 1040 g/mol. The van der Waals surface area contributed by atoms with Crippen LogP contribution in [-0.4, -0.2) is 37.2 Å². The molecule has 6 heteroatoms. The van der Waals surface area contributed by atoms with Crippen LogP contribution in [0, 0.1) is 0 Å². The van der Waals surface area contributed by atoms with Gasteiger partial charge in [0.05, 0.1) is 0 Å². The minimum atomic E-state index is -0.790. The van der Waals surface area contributed by atoms with Crippen molar-refractivity contribution < 1.29 is 28.6 Å². The van der Waals surface area contributed by atoms with E-state index >= 15 is 0 Å². The number of hydrogen-bond donors (Lipinski definition) is 0. The van der Waals surface area contributed by atoms with Crippen LogP contribution in [0.4, 0.5) is 0 Å². The molecule has 0 fully saturated rings. The van der Waals surface area contributed by atoms with Crippen molar-refractivity contribution in [3.8, 4) is 0 Å². The largest absolute Gasteiger partial charge is 0.462 e. The zero-order chi connectivity index (χ0) is 54.3. The number of allylic oxidation sites excluding steroid dienone is 16. The molecule has 0 aliphatic heterocycles. The van der Waals surface area contributed by atoms with Crippen molar-refractivity contribution in [2.75, 3.05) is 13.2 Å². The van der Waals surface area contributed by atoms with Gasteiger partial charge >= 0.3 is 17.9 Å². The fourth-order valence-electron chi connectivity index (χ4n) is 8.79. The first-order valence-corrected chi connectivity index (χ1v) is 31.7. The van der Waals surface area contributed by atoms with Gasteiger partial charge in [0.2, 0.25) is 0 Å². The van der Waals surface area contributed by atoms with E-state index in [0.29, 0.717) is 19.3 Å². The smallest absolute Gasteiger partial charge is 0.306 e. The molecule has 0 aliphatic rings. The Balaban J connectivity index is 4.35. The van der Waals surface area contributed by atoms with E-state index in [-0.39, 0.29) is 31.1 Å². The third-order valence-electron chi connectivity index (χ3n) is 13.5. The monoisotopic (exact) mass is 1040 g/mol. The van der Waals surface area contributed by atoms with Gasteiger partial charge in [-0.3, -0.25) is 14.4 Å². The highest BCUT2D eigenvalue weighted by molar-refractivity contribution is 5.71. The van der Waals surface area contributed by atoms with Gasteiger partial charge in [-0.1, -0.05) is 259 Å². The Morgan fingerprint density at radius 1 is 0.280 bits per heavy atom. The van der Waals surface area contributed by atoms with Crippen LogP contribution in [0.25, 0.3) is 0 Å². The van der Waals surface area contributed by atoms with Gasteiger partial charge < -0.3 is 14.2 Å². The third-order valence-corrected chi connectivity index (χ3v) is 13.5. The standard InChI is InChI=1S/C69H118O6/c1-4-7-10-13-16-19-22-25-28-30-31-32-33-34-35-36-37-39-41-44-47-50-53-56-59-62-68(71)74-65-66(64-73-67(70)61-58-55-52-49-46-43-40-27-24-21-18-15-12-9-6-3)75-69(72)63-60-57-54-51-48-45-42-38-29-26-23-20-17-14-11-8-5-2/h7,10,16-21,25-29,31-32,40,66H,4-6,8-9,11-15,22-24,30,33-39,41-65H2,1-3H3/b10-7-,19-16-,20-17-,21-18-,28-25-,29-26-,32-31-,40-27-. The molecule has 75 heavy (non-hydrogen) atoms. The molecular formula is C69H118O6. The van der Waals surface area contributed by atoms with Crippen LogP contribution in [0.15, 0.2) is 97.2 Å². The maximum Gasteiger partial charge on any atom is 0.306 e. The Bertz CT molecular complexity index is 1480. The number of esters is 3. The zero-order valence-corrected chi connectivity index (χ0v) is 49.3. The number of rotatable bonds is 57. The minimum Gasteiger partial charge on any atom is -0.462 e. The van der Waals surface area contributed by atoms with Crippen LogP contribution in [0.5, 0.6) is 0 Å². The molecule has 0 rings (SSSR count). The molecule has 0 amide bonds. The van der Waals surface area contributed by atoms with Gasteiger partial charge in [-0.15, -0.1) is 0 Å². The summed E-state index contributed by atoms with van der Waals surface area (Å²) in [6, 6.07) is 0. The lowest BCUT2D eigenvalue weighted by molar-refractivity contribution is -0.167. The first-order valence-electron chi connectivity index (χ1n) is 31.7. The summed E-state index contributed by atoms with van der Waals surface area (Å²) in [5, 5.41) is 0. The molecule has 0 spiro atoms. The Labute approximate surface area is 464 Å². The number of hydrogen-bond acceptors (Lipinski definition) is 6. The molecular weight excluding hydrogens is 925 g/mol. The summed E-state index contributed by atoms with van der Waals surface area (Å²) in [7, 11) is 0. The Morgan fingerprint density at radius 3 is 0.813 bits per heavy atom. The SMILES string of the molecule is CC/C=C\C/C=C\C/C=C\C/C=C\CCCCCCCCCCCCCCC(=O)OCC(COC(=O)CCCCCCC/C=C\C/C=C\CCCCC)OC(=O)CCCCCCCCC/C=C\C/C=C\CCCCC. The van der Waals surface area contributed by atoms with E-state index in [1.807, 2.05) is 0 Å². The molecule has 0 saturated heterocycles. The van der Waals surface area contributed by atoms with Crippen molar-refractivity contribution in [1.82, 2.24) is 0 Å². The molecule has 430 valence electrons. The fourth-order valence-corrected chi connectivity index (χ4v) is 8.79. The highest BCUT2D eigenvalue weighted by Gasteiger charge is 2.19. The summed E-state index contributed by atoms with van der Waals surface area (Å²) in [6.07, 6.45) is 84.0. The lowest BCUT2D eigenvalue weighted by atomic mass is 10.0. The molecule has 0 heterocycles. The molecule has 6 nitrogen and oxygen atoms in total. The van der Waals surface area contributed by atoms with Crippen LogP contribution in [0.3, 0.4) is 0 Å². The van der Waals surface area contributed by atoms with Gasteiger partial charge in [-0.2, -0.15) is 0 Å². The van der Waals surface area contributed by atoms with Gasteiger partial charge in [-0.25, -0.2) is 0 Å². The normalized spacial score (nSPS) is 12.7. The predicted molar refractivity (Wildman–Crippen MR) is 325 cm³/mol. The first kappa shape index (κ1) is 71.3. The minimum absolute atomic E-state index is 0.0855. The zero-order valence-electron chi connectivity index (χ0n) is 49.3. The van der Waals surface area contributed by atoms with Gasteiger partial charge in [0.1, 0.15) is 13.2 Å². The second kappa shape index (κ2) is 62.9. The Kier molecular flexibility index (Phi) is 59.8. The van der Waals surface area contributed by atoms with Crippen LogP contribution < -0.4 is 0 Å². The van der Waals surface area contributed by atoms with Crippen molar-refractivity contribution in [3.63, 3.8) is 0 Å². The number of unbranched alkanes of at least 4 members (excludes halogenated alkanes) is 30. The third kappa shape index (κ3) is 61.1. The summed E-state index contributed by atoms with van der Waals surface area (Å²) in [6.45, 7) is 6.48. The molecule has 0 radical (unpaired) electrons. The molecule has 0 aliphatic carbocycles. The van der Waals surface area contributed by atoms with E-state index in [0.717, 1.165) is 116 Å². The van der Waals surface area contributed by atoms with E-state index < -0.39 is 6.10 Å². The quantitative estimate of drug-likeness (QED) is 0.0261. The van der Waals surface area contributed by atoms with E-state index in [2.05, 4.69) is 118 Å². The number of carbonyl (C=O) groups excluding carboxylic acids is 3. The molecule has 0 N–H and O–H groups in total. The van der Waals surface area contributed by atoms with Crippen LogP contribution in [-0.2, 0) is 28.6 Å². The van der Waals surface area contributed by atoms with Crippen LogP contribution >= 0.6 is 0 Å². The lowest BCUT2D eigenvalue weighted by Gasteiger charge is -2.18. The number of carbonyl (C=O) groups is 3. The molecule has 0 bridgehead atoms. The summed E-state index contributed by atoms with van der Waals surface area (Å²) >= 11 is 0. The topological polar surface area (TPSA) is 78.9 Å². The second-order valence-corrected chi connectivity index (χ2v) is 20.9. The van der Waals surface area contributed by atoms with Crippen molar-refractivity contribution in [2.24, 2.45) is 0 Å². The Morgan fingerprint density at radius 2 is 0.520 bits per heavy atom. The Hall–Kier alpha value is -3.67. The van der Waals surface area contributed by atoms with Crippen molar-refractivity contribution in [1.29, 1.82) is 0 Å². The maximum atomic E-state index is 12.9. The molecule has 1 unspecified atom stereocenters. The van der Waals surface area contributed by atoms with Crippen molar-refractivity contribution in [3.05, 3.63) is 97.2 Å². The van der Waals surface area contributed by atoms with Crippen molar-refractivity contribution in [2.45, 2.75) is 309 Å². The van der Waals surface area contributed by atoms with E-state index in [4.69, 9.17) is 14.2 Å². The van der Waals surface area contributed by atoms with E-state index in [1.54, 1.807) is 0 Å². The summed E-state index contributed by atoms with van der Waals surface area (Å²) in [5.74, 6) is -0.900. The van der Waals surface area contributed by atoms with Gasteiger partial charge in [0, 0.05) is 19.3 Å². The lowest BCUT2D eigenvalue weighted by Crippen LogP contribution is -2.30. The van der Waals surface area contributed by atoms with Gasteiger partial charge in [-0.05, 0) is 122 Å². The highest BCUT2D eigenvalue weighted by Crippen LogP contribution is 2.16. The molecule has 0 saturated carbocycles. The van der Waals surface area contributed by atoms with Crippen LogP contribution in [0.2, 0.25) is 0 Å². The molecule has 0 aromatic heterocycles. The predicted octanol–water partition coefficient (Wildman–Crippen LogP) is 21.7. The summed E-state index contributed by atoms with van der Waals surface area (Å²) in [4.78, 5) is 38.3. The van der Waals surface area contributed by atoms with E-state index in [1.165, 1.54) is 148 Å². The van der Waals surface area contributed by atoms with Crippen LogP contribution in [0.1, 0.15) is 303 Å². The summed E-state index contributed by atoms with van der Waals surface area (Å²) < 4.78 is 16.9. The molecule has 0 aromatic rings. The molecule has 0 aromatic carbocycles. The first-order chi connectivity index (χ1) is 37.0. The maximum absolute atomic E-state index is 12.9. The van der Waals surface area contributed by atoms with E-state index in [9.17, 15) is 14.4 Å². The number of ether oxygens (including phenoxy) is 3. The molecule has 1 atom stereocenters. The summed E-state index contributed by atoms with van der Waals surface area (Å²) in [5.41, 5.74) is 0. The fraction of sp³-hybridized carbons (Fsp3) is 0.725. The van der Waals surface area contributed by atoms with Crippen molar-refractivity contribution >= 4 is 17.9 Å². The average Bonchev–Trinajstić information content (AvgIpc) is 3.41. The second-order valence-electron chi connectivity index (χ2n) is 20.9. The van der Waals surface area contributed by atoms with Gasteiger partial charge in [0.25, 0.3) is 0 Å².